The lowest BCUT2D eigenvalue weighted by Crippen LogP contribution is -2.30. The number of rotatable bonds is 75. The first-order chi connectivity index (χ1) is 48.2. The summed E-state index contributed by atoms with van der Waals surface area (Å²) < 4.78 is 61.1. The third kappa shape index (κ3) is 75.5. The lowest BCUT2D eigenvalue weighted by molar-refractivity contribution is -0.161. The molecule has 18 heteroatoms. The monoisotopic (exact) mass is 1430 g/mol. The second-order valence-electron chi connectivity index (χ2n) is 26.5. The molecule has 0 spiro atoms. The Morgan fingerprint density at radius 1 is 0.293 bits per heavy atom. The first-order valence-electron chi connectivity index (χ1n) is 39.5. The second-order valence-corrected chi connectivity index (χ2v) is 29.4. The number of aliphatic hydroxyl groups excluding tert-OH is 2. The molecule has 0 aliphatic carbocycles. The van der Waals surface area contributed by atoms with Crippen LogP contribution in [0.2, 0.25) is 0 Å². The fraction of sp³-hybridized carbons (Fsp3) is 0.765. The van der Waals surface area contributed by atoms with E-state index in [-0.39, 0.29) is 19.3 Å². The average molecular weight is 1440 g/mol. The van der Waals surface area contributed by atoms with Crippen LogP contribution in [0, 0.1) is 0 Å². The topological polar surface area (TPSA) is 231 Å². The van der Waals surface area contributed by atoms with Crippen LogP contribution < -0.4 is 0 Å². The Balaban J connectivity index is 4.43. The molecule has 0 heterocycles. The molecule has 0 aliphatic heterocycles. The number of phosphoric ester groups is 2. The molecule has 0 aromatic rings. The molecule has 0 saturated carbocycles. The predicted octanol–water partition coefficient (Wildman–Crippen LogP) is 23.0. The maximum Gasteiger partial charge on any atom is 0.472 e. The van der Waals surface area contributed by atoms with Gasteiger partial charge in [-0.3, -0.25) is 32.5 Å². The van der Waals surface area contributed by atoms with Crippen molar-refractivity contribution < 1.29 is 75.8 Å². The molecular formula is C81H144O16P2. The van der Waals surface area contributed by atoms with E-state index in [2.05, 4.69) is 118 Å². The minimum atomic E-state index is -4.93. The Kier molecular flexibility index (Phi) is 71.6. The molecule has 0 saturated heterocycles. The van der Waals surface area contributed by atoms with Crippen molar-refractivity contribution >= 4 is 33.6 Å². The normalized spacial score (nSPS) is 14.5. The Morgan fingerprint density at radius 2 is 0.535 bits per heavy atom. The number of carbonyl (C=O) groups is 3. The summed E-state index contributed by atoms with van der Waals surface area (Å²) in [6.45, 7) is 2.56. The number of unbranched alkanes of at least 4 members (excludes halogenated alkanes) is 36. The number of hydrogen-bond donors (Lipinski definition) is 4. The molecule has 0 radical (unpaired) electrons. The molecule has 4 N–H and O–H groups in total. The van der Waals surface area contributed by atoms with Crippen LogP contribution >= 0.6 is 15.6 Å². The molecule has 574 valence electrons. The first kappa shape index (κ1) is 95.5. The fourth-order valence-corrected chi connectivity index (χ4v) is 12.4. The Bertz CT molecular complexity index is 2190. The molecule has 0 fully saturated rings. The van der Waals surface area contributed by atoms with Gasteiger partial charge in [-0.1, -0.05) is 317 Å². The molecule has 16 nitrogen and oxygen atoms in total. The third-order valence-corrected chi connectivity index (χ3v) is 18.7. The maximum atomic E-state index is 12.9. The minimum absolute atomic E-state index is 0.106. The highest BCUT2D eigenvalue weighted by atomic mass is 31.2. The highest BCUT2D eigenvalue weighted by molar-refractivity contribution is 7.47. The van der Waals surface area contributed by atoms with Crippen molar-refractivity contribution in [2.24, 2.45) is 0 Å². The van der Waals surface area contributed by atoms with Crippen molar-refractivity contribution in [3.05, 3.63) is 97.2 Å². The van der Waals surface area contributed by atoms with Crippen molar-refractivity contribution in [1.82, 2.24) is 0 Å². The van der Waals surface area contributed by atoms with E-state index in [0.29, 0.717) is 19.3 Å². The van der Waals surface area contributed by atoms with Gasteiger partial charge in [0.05, 0.1) is 26.4 Å². The Morgan fingerprint density at radius 3 is 0.869 bits per heavy atom. The fourth-order valence-electron chi connectivity index (χ4n) is 10.8. The van der Waals surface area contributed by atoms with Crippen LogP contribution in [0.1, 0.15) is 342 Å². The van der Waals surface area contributed by atoms with Gasteiger partial charge in [-0.2, -0.15) is 0 Å². The predicted molar refractivity (Wildman–Crippen MR) is 408 cm³/mol. The van der Waals surface area contributed by atoms with Crippen LogP contribution in [0.15, 0.2) is 97.2 Å². The van der Waals surface area contributed by atoms with E-state index < -0.39 is 91.5 Å². The molecular weight excluding hydrogens is 1290 g/mol. The maximum absolute atomic E-state index is 12.9. The van der Waals surface area contributed by atoms with Crippen molar-refractivity contribution in [2.75, 3.05) is 39.6 Å². The smallest absolute Gasteiger partial charge is 0.463 e. The van der Waals surface area contributed by atoms with Crippen LogP contribution in [0.25, 0.3) is 0 Å². The summed E-state index contributed by atoms with van der Waals surface area (Å²) in [6.07, 6.45) is 84.6. The number of esters is 3. The van der Waals surface area contributed by atoms with Gasteiger partial charge >= 0.3 is 33.6 Å². The number of hydrogen-bond acceptors (Lipinski definition) is 14. The van der Waals surface area contributed by atoms with E-state index in [9.17, 15) is 43.5 Å². The largest absolute Gasteiger partial charge is 0.472 e. The van der Waals surface area contributed by atoms with Gasteiger partial charge in [-0.05, 0) is 103 Å². The second kappa shape index (κ2) is 74.2. The van der Waals surface area contributed by atoms with Gasteiger partial charge in [0.2, 0.25) is 0 Å². The average Bonchev–Trinajstić information content (AvgIpc) is 1.02. The molecule has 0 aliphatic rings. The summed E-state index contributed by atoms with van der Waals surface area (Å²) in [7, 11) is -9.78. The zero-order valence-corrected chi connectivity index (χ0v) is 64.4. The number of ether oxygens (including phenoxy) is 3. The van der Waals surface area contributed by atoms with E-state index in [1.165, 1.54) is 148 Å². The van der Waals surface area contributed by atoms with E-state index >= 15 is 0 Å². The third-order valence-electron chi connectivity index (χ3n) is 16.8. The van der Waals surface area contributed by atoms with Gasteiger partial charge in [0.1, 0.15) is 25.4 Å². The van der Waals surface area contributed by atoms with Gasteiger partial charge in [-0.25, -0.2) is 9.13 Å². The summed E-state index contributed by atoms with van der Waals surface area (Å²) in [4.78, 5) is 58.6. The van der Waals surface area contributed by atoms with E-state index in [0.717, 1.165) is 135 Å². The molecule has 0 rings (SSSR count). The number of aliphatic hydroxyl groups is 2. The summed E-state index contributed by atoms with van der Waals surface area (Å²) in [6, 6.07) is 0. The van der Waals surface area contributed by atoms with Crippen molar-refractivity contribution in [3.8, 4) is 0 Å². The van der Waals surface area contributed by atoms with Crippen LogP contribution in [0.3, 0.4) is 0 Å². The van der Waals surface area contributed by atoms with Crippen LogP contribution in [-0.4, -0.2) is 95.9 Å². The van der Waals surface area contributed by atoms with Gasteiger partial charge in [0.15, 0.2) is 6.10 Å². The highest BCUT2D eigenvalue weighted by Crippen LogP contribution is 2.45. The summed E-state index contributed by atoms with van der Waals surface area (Å²) in [5, 5.41) is 20.6. The van der Waals surface area contributed by atoms with Crippen molar-refractivity contribution in [2.45, 2.75) is 360 Å². The van der Waals surface area contributed by atoms with Gasteiger partial charge in [0, 0.05) is 19.3 Å². The van der Waals surface area contributed by atoms with Crippen molar-refractivity contribution in [1.29, 1.82) is 0 Å². The zero-order chi connectivity index (χ0) is 72.3. The lowest BCUT2D eigenvalue weighted by Gasteiger charge is -2.21. The quantitative estimate of drug-likeness (QED) is 0.0146. The highest BCUT2D eigenvalue weighted by Gasteiger charge is 2.29. The molecule has 0 bridgehead atoms. The SMILES string of the molecule is CC/C=C\C/C=C\C/C=C\C/C=C\C/C=C\CCCCCCCCCCCCCCCCCC(=O)OCC(O)COP(=O)(O)OCC(O)COP(=O)(O)OCC(COC(=O)CCCCCCCC/C=C\C/C=C\C/C=C\CCCCC)OC(=O)CCCCCCCCCCCCCCC. The molecule has 0 aromatic carbocycles. The summed E-state index contributed by atoms with van der Waals surface area (Å²) >= 11 is 0. The molecule has 5 unspecified atom stereocenters. The van der Waals surface area contributed by atoms with Crippen LogP contribution in [0.4, 0.5) is 0 Å². The number of carbonyl (C=O) groups excluding carboxylic acids is 3. The summed E-state index contributed by atoms with van der Waals surface area (Å²) in [5.74, 6) is -1.57. The number of allylic oxidation sites excluding steroid dienone is 16. The van der Waals surface area contributed by atoms with Crippen LogP contribution in [0.5, 0.6) is 0 Å². The van der Waals surface area contributed by atoms with Gasteiger partial charge in [0.25, 0.3) is 0 Å². The minimum Gasteiger partial charge on any atom is -0.463 e. The molecule has 99 heavy (non-hydrogen) atoms. The molecule has 5 atom stereocenters. The van der Waals surface area contributed by atoms with Crippen LogP contribution in [-0.2, 0) is 55.8 Å². The Hall–Kier alpha value is -3.53. The van der Waals surface area contributed by atoms with E-state index in [4.69, 9.17) is 32.3 Å². The zero-order valence-electron chi connectivity index (χ0n) is 62.6. The lowest BCUT2D eigenvalue weighted by atomic mass is 10.0. The first-order valence-corrected chi connectivity index (χ1v) is 42.5. The number of phosphoric acid groups is 2. The van der Waals surface area contributed by atoms with E-state index in [1.807, 2.05) is 0 Å². The summed E-state index contributed by atoms with van der Waals surface area (Å²) in [5.41, 5.74) is 0. The van der Waals surface area contributed by atoms with Gasteiger partial charge < -0.3 is 34.2 Å². The molecule has 0 amide bonds. The Labute approximate surface area is 603 Å². The van der Waals surface area contributed by atoms with Gasteiger partial charge in [-0.15, -0.1) is 0 Å². The molecule has 0 aromatic heterocycles. The standard InChI is InChI=1S/C81H144O16P2/c1-4-7-10-13-16-19-22-25-27-29-31-32-33-34-35-36-37-38-39-40-41-42-44-46-47-50-52-55-58-61-64-67-79(84)91-70-76(82)71-93-98(87,88)94-72-77(83)73-95-99(89,90)96-75-78(97-81(86)69-66-63-60-57-54-49-24-21-18-15-12-9-6-3)74-92-80(85)68-65-62-59-56-53-51-48-45-43-30-28-26-23-20-17-14-11-8-5-2/h7,10,16-17,19-20,25-28,31-32,34-35,43,45,76-78,82-83H,4-6,8-9,11-15,18,21-24,29-30,33,36-42,44,46-75H2,1-3H3,(H,87,88)(H,89,90)/b10-7-,19-16-,20-17-,27-25-,28-26-,32-31-,35-34-,45-43-. The van der Waals surface area contributed by atoms with Crippen molar-refractivity contribution in [3.63, 3.8) is 0 Å². The van der Waals surface area contributed by atoms with E-state index in [1.54, 1.807) is 0 Å².